The lowest BCUT2D eigenvalue weighted by Gasteiger charge is -2.11. The van der Waals surface area contributed by atoms with Gasteiger partial charge in [-0.15, -0.1) is 6.58 Å². The van der Waals surface area contributed by atoms with Crippen LogP contribution >= 0.6 is 0 Å². The van der Waals surface area contributed by atoms with Crippen LogP contribution in [0.15, 0.2) is 24.8 Å². The monoisotopic (exact) mass is 187 g/mol. The number of aromatic nitrogens is 1. The third-order valence-electron chi connectivity index (χ3n) is 1.82. The van der Waals surface area contributed by atoms with Crippen molar-refractivity contribution in [2.24, 2.45) is 0 Å². The van der Waals surface area contributed by atoms with Crippen molar-refractivity contribution in [1.29, 1.82) is 5.26 Å². The van der Waals surface area contributed by atoms with Gasteiger partial charge in [-0.2, -0.15) is 5.26 Å². The predicted octanol–water partition coefficient (Wildman–Crippen LogP) is 2.25. The molecule has 0 aliphatic heterocycles. The van der Waals surface area contributed by atoms with E-state index in [4.69, 9.17) is 5.26 Å². The van der Waals surface area contributed by atoms with Gasteiger partial charge in [0.05, 0.1) is 0 Å². The molecule has 1 rings (SSSR count). The van der Waals surface area contributed by atoms with E-state index in [9.17, 15) is 0 Å². The van der Waals surface area contributed by atoms with Crippen LogP contribution < -0.4 is 5.32 Å². The molecule has 1 aromatic heterocycles. The summed E-state index contributed by atoms with van der Waals surface area (Å²) in [5, 5.41) is 11.9. The first-order valence-electron chi connectivity index (χ1n) is 4.43. The van der Waals surface area contributed by atoms with Crippen molar-refractivity contribution in [3.8, 4) is 6.07 Å². The molecule has 0 aliphatic rings. The minimum Gasteiger partial charge on any atom is -0.379 e. The first-order chi connectivity index (χ1) is 6.65. The van der Waals surface area contributed by atoms with E-state index in [2.05, 4.69) is 16.9 Å². The van der Waals surface area contributed by atoms with E-state index >= 15 is 0 Å². The van der Waals surface area contributed by atoms with Crippen molar-refractivity contribution >= 4 is 5.69 Å². The van der Waals surface area contributed by atoms with Gasteiger partial charge in [-0.3, -0.25) is 0 Å². The van der Waals surface area contributed by atoms with E-state index in [1.165, 1.54) is 0 Å². The van der Waals surface area contributed by atoms with Crippen LogP contribution in [0.25, 0.3) is 0 Å². The fourth-order valence-electron chi connectivity index (χ4n) is 1.13. The standard InChI is InChI=1S/C11H13N3/c1-4-8(2)13-10-5-9(3)14-11(6-10)7-12/h4-6,8H,1H2,2-3H3,(H,13,14). The molecule has 72 valence electrons. The van der Waals surface area contributed by atoms with Gasteiger partial charge < -0.3 is 5.32 Å². The molecule has 0 aromatic carbocycles. The average molecular weight is 187 g/mol. The average Bonchev–Trinajstić information content (AvgIpc) is 2.16. The van der Waals surface area contributed by atoms with Gasteiger partial charge in [-0.05, 0) is 26.0 Å². The van der Waals surface area contributed by atoms with Gasteiger partial charge >= 0.3 is 0 Å². The molecule has 0 bridgehead atoms. The Balaban J connectivity index is 2.93. The molecule has 14 heavy (non-hydrogen) atoms. The lowest BCUT2D eigenvalue weighted by atomic mass is 10.2. The van der Waals surface area contributed by atoms with Crippen LogP contribution in [0.5, 0.6) is 0 Å². The number of hydrogen-bond donors (Lipinski definition) is 1. The third kappa shape index (κ3) is 2.60. The maximum absolute atomic E-state index is 8.72. The number of nitrogens with zero attached hydrogens (tertiary/aromatic N) is 2. The van der Waals surface area contributed by atoms with Crippen LogP contribution in [0.2, 0.25) is 0 Å². The highest BCUT2D eigenvalue weighted by Crippen LogP contribution is 2.11. The Bertz CT molecular complexity index is 377. The zero-order valence-electron chi connectivity index (χ0n) is 8.41. The smallest absolute Gasteiger partial charge is 0.142 e. The van der Waals surface area contributed by atoms with Crippen LogP contribution in [0.4, 0.5) is 5.69 Å². The van der Waals surface area contributed by atoms with Crippen molar-refractivity contribution in [1.82, 2.24) is 4.98 Å². The van der Waals surface area contributed by atoms with E-state index in [-0.39, 0.29) is 6.04 Å². The lowest BCUT2D eigenvalue weighted by molar-refractivity contribution is 0.996. The Morgan fingerprint density at radius 2 is 2.36 bits per heavy atom. The predicted molar refractivity (Wildman–Crippen MR) is 57.0 cm³/mol. The second kappa shape index (κ2) is 4.43. The Morgan fingerprint density at radius 3 is 2.93 bits per heavy atom. The van der Waals surface area contributed by atoms with Crippen molar-refractivity contribution in [2.45, 2.75) is 19.9 Å². The summed E-state index contributed by atoms with van der Waals surface area (Å²) in [4.78, 5) is 4.06. The zero-order valence-corrected chi connectivity index (χ0v) is 8.41. The second-order valence-corrected chi connectivity index (χ2v) is 3.16. The van der Waals surface area contributed by atoms with Gasteiger partial charge in [-0.25, -0.2) is 4.98 Å². The van der Waals surface area contributed by atoms with E-state index in [0.29, 0.717) is 5.69 Å². The Kier molecular flexibility index (Phi) is 3.24. The topological polar surface area (TPSA) is 48.7 Å². The summed E-state index contributed by atoms with van der Waals surface area (Å²) >= 11 is 0. The van der Waals surface area contributed by atoms with Gasteiger partial charge in [0.1, 0.15) is 11.8 Å². The molecule has 1 atom stereocenters. The van der Waals surface area contributed by atoms with Crippen molar-refractivity contribution in [3.05, 3.63) is 36.2 Å². The highest BCUT2D eigenvalue weighted by molar-refractivity contribution is 5.49. The molecule has 0 aliphatic carbocycles. The Hall–Kier alpha value is -1.82. The maximum atomic E-state index is 8.72. The largest absolute Gasteiger partial charge is 0.379 e. The molecule has 0 fully saturated rings. The molecular formula is C11H13N3. The van der Waals surface area contributed by atoms with Gasteiger partial charge in [0.2, 0.25) is 0 Å². The van der Waals surface area contributed by atoms with E-state index < -0.39 is 0 Å². The summed E-state index contributed by atoms with van der Waals surface area (Å²) in [5.74, 6) is 0. The van der Waals surface area contributed by atoms with Crippen LogP contribution in [0, 0.1) is 18.3 Å². The lowest BCUT2D eigenvalue weighted by Crippen LogP contribution is -2.11. The molecule has 0 spiro atoms. The molecule has 0 amide bonds. The molecule has 0 radical (unpaired) electrons. The number of nitrogens with one attached hydrogen (secondary N) is 1. The Morgan fingerprint density at radius 1 is 1.64 bits per heavy atom. The second-order valence-electron chi connectivity index (χ2n) is 3.16. The summed E-state index contributed by atoms with van der Waals surface area (Å²) in [6, 6.07) is 5.84. The third-order valence-corrected chi connectivity index (χ3v) is 1.82. The maximum Gasteiger partial charge on any atom is 0.142 e. The SMILES string of the molecule is C=CC(C)Nc1cc(C)nc(C#N)c1. The van der Waals surface area contributed by atoms with Crippen molar-refractivity contribution in [3.63, 3.8) is 0 Å². The van der Waals surface area contributed by atoms with Crippen molar-refractivity contribution < 1.29 is 0 Å². The van der Waals surface area contributed by atoms with Crippen LogP contribution in [-0.4, -0.2) is 11.0 Å². The number of aryl methyl sites for hydroxylation is 1. The molecule has 0 saturated heterocycles. The van der Waals surface area contributed by atoms with E-state index in [0.717, 1.165) is 11.4 Å². The van der Waals surface area contributed by atoms with E-state index in [1.807, 2.05) is 32.1 Å². The van der Waals surface area contributed by atoms with Crippen molar-refractivity contribution in [2.75, 3.05) is 5.32 Å². The molecule has 3 heteroatoms. The first kappa shape index (κ1) is 10.3. The zero-order chi connectivity index (χ0) is 10.6. The quantitative estimate of drug-likeness (QED) is 0.738. The molecule has 1 heterocycles. The fourth-order valence-corrected chi connectivity index (χ4v) is 1.13. The first-order valence-corrected chi connectivity index (χ1v) is 4.43. The summed E-state index contributed by atoms with van der Waals surface area (Å²) in [6.45, 7) is 7.54. The van der Waals surface area contributed by atoms with Crippen LogP contribution in [0.1, 0.15) is 18.3 Å². The Labute approximate surface area is 84.1 Å². The number of rotatable bonds is 3. The number of nitriles is 1. The fraction of sp³-hybridized carbons (Fsp3) is 0.273. The highest BCUT2D eigenvalue weighted by Gasteiger charge is 2.00. The molecule has 0 saturated carbocycles. The normalized spacial score (nSPS) is 11.5. The minimum absolute atomic E-state index is 0.184. The van der Waals surface area contributed by atoms with Gasteiger partial charge in [-0.1, -0.05) is 6.08 Å². The summed E-state index contributed by atoms with van der Waals surface area (Å²) in [5.41, 5.74) is 2.17. The number of pyridine rings is 1. The molecule has 1 unspecified atom stereocenters. The summed E-state index contributed by atoms with van der Waals surface area (Å²) < 4.78 is 0. The van der Waals surface area contributed by atoms with Gasteiger partial charge in [0.25, 0.3) is 0 Å². The number of hydrogen-bond acceptors (Lipinski definition) is 3. The molecular weight excluding hydrogens is 174 g/mol. The number of anilines is 1. The summed E-state index contributed by atoms with van der Waals surface area (Å²) in [6.07, 6.45) is 1.81. The van der Waals surface area contributed by atoms with Crippen LogP contribution in [-0.2, 0) is 0 Å². The molecule has 1 N–H and O–H groups in total. The molecule has 3 nitrogen and oxygen atoms in total. The molecule has 1 aromatic rings. The summed E-state index contributed by atoms with van der Waals surface area (Å²) in [7, 11) is 0. The van der Waals surface area contributed by atoms with Crippen LogP contribution in [0.3, 0.4) is 0 Å². The van der Waals surface area contributed by atoms with Gasteiger partial charge in [0, 0.05) is 17.4 Å². The highest BCUT2D eigenvalue weighted by atomic mass is 14.9. The minimum atomic E-state index is 0.184. The van der Waals surface area contributed by atoms with Gasteiger partial charge in [0.15, 0.2) is 0 Å². The van der Waals surface area contributed by atoms with E-state index in [1.54, 1.807) is 6.07 Å².